The molecule has 1 amide bonds. The van der Waals surface area contributed by atoms with Gasteiger partial charge in [-0.1, -0.05) is 18.2 Å². The fourth-order valence-corrected chi connectivity index (χ4v) is 2.66. The first-order chi connectivity index (χ1) is 10.2. The molecule has 1 aromatic carbocycles. The highest BCUT2D eigenvalue weighted by Crippen LogP contribution is 2.32. The van der Waals surface area contributed by atoms with E-state index in [1.807, 2.05) is 24.3 Å². The van der Waals surface area contributed by atoms with E-state index in [0.717, 1.165) is 15.8 Å². The van der Waals surface area contributed by atoms with Gasteiger partial charge in [0.2, 0.25) is 0 Å². The van der Waals surface area contributed by atoms with E-state index in [1.165, 1.54) is 0 Å². The number of ether oxygens (including phenoxy) is 1. The van der Waals surface area contributed by atoms with Crippen LogP contribution in [0.5, 0.6) is 5.75 Å². The van der Waals surface area contributed by atoms with Gasteiger partial charge in [0.15, 0.2) is 0 Å². The van der Waals surface area contributed by atoms with Gasteiger partial charge in [-0.2, -0.15) is 0 Å². The van der Waals surface area contributed by atoms with Crippen molar-refractivity contribution < 1.29 is 9.53 Å². The van der Waals surface area contributed by atoms with Gasteiger partial charge in [-0.3, -0.25) is 4.79 Å². The van der Waals surface area contributed by atoms with E-state index in [0.29, 0.717) is 18.0 Å². The van der Waals surface area contributed by atoms with Crippen LogP contribution in [-0.4, -0.2) is 24.5 Å². The number of amides is 1. The van der Waals surface area contributed by atoms with E-state index in [9.17, 15) is 4.79 Å². The molecular weight excluding hydrogens is 334 g/mol. The molecular formula is C15H14BrN3O2. The van der Waals surface area contributed by atoms with Crippen molar-refractivity contribution in [2.75, 3.05) is 19.0 Å². The minimum atomic E-state index is -0.182. The summed E-state index contributed by atoms with van der Waals surface area (Å²) in [5, 5.41) is 5.91. The number of carbonyl (C=O) groups is 1. The zero-order chi connectivity index (χ0) is 14.8. The fourth-order valence-electron chi connectivity index (χ4n) is 2.33. The third kappa shape index (κ3) is 2.71. The summed E-state index contributed by atoms with van der Waals surface area (Å²) in [4.78, 5) is 16.7. The molecule has 0 bridgehead atoms. The molecule has 0 saturated heterocycles. The van der Waals surface area contributed by atoms with Crippen LogP contribution in [0.4, 0.5) is 5.82 Å². The van der Waals surface area contributed by atoms with E-state index < -0.39 is 0 Å². The molecule has 3 rings (SSSR count). The van der Waals surface area contributed by atoms with Crippen LogP contribution < -0.4 is 15.4 Å². The van der Waals surface area contributed by atoms with Crippen LogP contribution in [0.1, 0.15) is 22.0 Å². The fraction of sp³-hybridized carbons (Fsp3) is 0.200. The third-order valence-electron chi connectivity index (χ3n) is 3.34. The molecule has 1 aliphatic rings. The third-order valence-corrected chi connectivity index (χ3v) is 3.77. The van der Waals surface area contributed by atoms with Crippen molar-refractivity contribution in [3.8, 4) is 5.75 Å². The van der Waals surface area contributed by atoms with Crippen molar-refractivity contribution in [3.63, 3.8) is 0 Å². The summed E-state index contributed by atoms with van der Waals surface area (Å²) in [6.07, 6.45) is 1.65. The first-order valence-electron chi connectivity index (χ1n) is 6.55. The number of halogens is 1. The van der Waals surface area contributed by atoms with Crippen molar-refractivity contribution in [1.82, 2.24) is 10.3 Å². The predicted molar refractivity (Wildman–Crippen MR) is 83.6 cm³/mol. The van der Waals surface area contributed by atoms with Crippen LogP contribution in [0.2, 0.25) is 0 Å². The van der Waals surface area contributed by atoms with Gasteiger partial charge in [-0.25, -0.2) is 4.98 Å². The Labute approximate surface area is 130 Å². The maximum Gasteiger partial charge on any atom is 0.255 e. The van der Waals surface area contributed by atoms with Crippen molar-refractivity contribution in [2.24, 2.45) is 0 Å². The van der Waals surface area contributed by atoms with Gasteiger partial charge in [0.05, 0.1) is 11.6 Å². The molecule has 0 aliphatic carbocycles. The van der Waals surface area contributed by atoms with Crippen molar-refractivity contribution >= 4 is 27.7 Å². The van der Waals surface area contributed by atoms with E-state index in [4.69, 9.17) is 4.74 Å². The average molecular weight is 348 g/mol. The van der Waals surface area contributed by atoms with Gasteiger partial charge in [0, 0.05) is 23.3 Å². The molecule has 5 nitrogen and oxygen atoms in total. The van der Waals surface area contributed by atoms with Crippen LogP contribution in [0.15, 0.2) is 41.0 Å². The Balaban J connectivity index is 1.83. The molecule has 108 valence electrons. The lowest BCUT2D eigenvalue weighted by molar-refractivity contribution is 0.0931. The van der Waals surface area contributed by atoms with Gasteiger partial charge in [-0.05, 0) is 28.1 Å². The minimum absolute atomic E-state index is 0.141. The number of fused-ring (bicyclic) bond motifs is 1. The van der Waals surface area contributed by atoms with Crippen LogP contribution in [0.25, 0.3) is 0 Å². The number of carbonyl (C=O) groups excluding carboxylic acids is 1. The Bertz CT molecular complexity index is 690. The Hall–Kier alpha value is -2.08. The molecule has 0 saturated carbocycles. The second kappa shape index (κ2) is 5.73. The molecule has 0 radical (unpaired) electrons. The molecule has 1 aliphatic heterocycles. The van der Waals surface area contributed by atoms with Crippen LogP contribution in [0, 0.1) is 0 Å². The number of hydrogen-bond donors (Lipinski definition) is 2. The Morgan fingerprint density at radius 2 is 2.24 bits per heavy atom. The normalized spacial score (nSPS) is 16.0. The summed E-state index contributed by atoms with van der Waals surface area (Å²) in [5.74, 6) is 1.19. The zero-order valence-electron chi connectivity index (χ0n) is 11.4. The highest BCUT2D eigenvalue weighted by Gasteiger charge is 2.26. The van der Waals surface area contributed by atoms with E-state index in [-0.39, 0.29) is 11.9 Å². The lowest BCUT2D eigenvalue weighted by Gasteiger charge is -2.13. The summed E-state index contributed by atoms with van der Waals surface area (Å²) in [6, 6.07) is 9.33. The van der Waals surface area contributed by atoms with E-state index >= 15 is 0 Å². The van der Waals surface area contributed by atoms with Gasteiger partial charge in [0.1, 0.15) is 18.2 Å². The molecule has 1 unspecified atom stereocenters. The second-order valence-electron chi connectivity index (χ2n) is 4.67. The molecule has 0 spiro atoms. The van der Waals surface area contributed by atoms with E-state index in [1.54, 1.807) is 19.3 Å². The number of hydrogen-bond acceptors (Lipinski definition) is 4. The monoisotopic (exact) mass is 347 g/mol. The van der Waals surface area contributed by atoms with Crippen LogP contribution in [-0.2, 0) is 0 Å². The number of nitrogens with one attached hydrogen (secondary N) is 2. The van der Waals surface area contributed by atoms with Crippen molar-refractivity contribution in [2.45, 2.75) is 6.04 Å². The topological polar surface area (TPSA) is 63.2 Å². The maximum absolute atomic E-state index is 12.5. The molecule has 1 aromatic heterocycles. The first-order valence-corrected chi connectivity index (χ1v) is 7.34. The number of rotatable bonds is 3. The van der Waals surface area contributed by atoms with Gasteiger partial charge in [0.25, 0.3) is 5.91 Å². The Kier molecular flexibility index (Phi) is 3.79. The number of aromatic nitrogens is 1. The molecule has 0 fully saturated rings. The molecule has 2 aromatic rings. The first kappa shape index (κ1) is 13.9. The highest BCUT2D eigenvalue weighted by atomic mass is 79.9. The van der Waals surface area contributed by atoms with Crippen LogP contribution in [0.3, 0.4) is 0 Å². The van der Waals surface area contributed by atoms with Gasteiger partial charge < -0.3 is 15.4 Å². The largest absolute Gasteiger partial charge is 0.491 e. The smallest absolute Gasteiger partial charge is 0.255 e. The number of anilines is 1. The van der Waals surface area contributed by atoms with Gasteiger partial charge >= 0.3 is 0 Å². The van der Waals surface area contributed by atoms with Gasteiger partial charge in [-0.15, -0.1) is 0 Å². The summed E-state index contributed by atoms with van der Waals surface area (Å²) in [6.45, 7) is 0.446. The number of pyridine rings is 1. The summed E-state index contributed by atoms with van der Waals surface area (Å²) >= 11 is 3.34. The SMILES string of the molecule is CNc1ncc(Br)cc1C(=O)NC1COc2ccccc21. The molecule has 21 heavy (non-hydrogen) atoms. The Morgan fingerprint density at radius 3 is 3.05 bits per heavy atom. The summed E-state index contributed by atoms with van der Waals surface area (Å²) in [7, 11) is 1.74. The standard InChI is InChI=1S/C15H14BrN3O2/c1-17-14-11(6-9(16)7-18-14)15(20)19-12-8-21-13-5-3-2-4-10(12)13/h2-7,12H,8H2,1H3,(H,17,18)(H,19,20). The minimum Gasteiger partial charge on any atom is -0.491 e. The second-order valence-corrected chi connectivity index (χ2v) is 5.59. The molecule has 2 N–H and O–H groups in total. The molecule has 1 atom stereocenters. The average Bonchev–Trinajstić information content (AvgIpc) is 2.90. The summed E-state index contributed by atoms with van der Waals surface area (Å²) < 4.78 is 6.33. The lowest BCUT2D eigenvalue weighted by Crippen LogP contribution is -2.30. The number of nitrogens with zero attached hydrogens (tertiary/aromatic N) is 1. The predicted octanol–water partition coefficient (Wildman–Crippen LogP) is 2.75. The van der Waals surface area contributed by atoms with Crippen molar-refractivity contribution in [1.29, 1.82) is 0 Å². The van der Waals surface area contributed by atoms with E-state index in [2.05, 4.69) is 31.5 Å². The number of para-hydroxylation sites is 1. The van der Waals surface area contributed by atoms with Crippen molar-refractivity contribution in [3.05, 3.63) is 52.1 Å². The quantitative estimate of drug-likeness (QED) is 0.895. The van der Waals surface area contributed by atoms with Crippen LogP contribution >= 0.6 is 15.9 Å². The number of benzene rings is 1. The Morgan fingerprint density at radius 1 is 1.43 bits per heavy atom. The summed E-state index contributed by atoms with van der Waals surface area (Å²) in [5.41, 5.74) is 1.50. The molecule has 2 heterocycles. The highest BCUT2D eigenvalue weighted by molar-refractivity contribution is 9.10. The molecule has 6 heteroatoms. The maximum atomic E-state index is 12.5. The zero-order valence-corrected chi connectivity index (χ0v) is 13.0. The lowest BCUT2D eigenvalue weighted by atomic mass is 10.1.